The van der Waals surface area contributed by atoms with Crippen LogP contribution in [0.4, 0.5) is 20.2 Å². The third-order valence-electron chi connectivity index (χ3n) is 6.78. The summed E-state index contributed by atoms with van der Waals surface area (Å²) in [6, 6.07) is 18.4. The maximum Gasteiger partial charge on any atom is 0.229 e. The van der Waals surface area contributed by atoms with Crippen molar-refractivity contribution in [3.63, 3.8) is 0 Å². The number of hydrogen-bond acceptors (Lipinski definition) is 4. The molecule has 1 amide bonds. The molecule has 0 aliphatic carbocycles. The molecule has 5 rings (SSSR count). The second kappa shape index (κ2) is 9.43. The van der Waals surface area contributed by atoms with Crippen molar-refractivity contribution in [3.8, 4) is 5.75 Å². The first kappa shape index (κ1) is 22.3. The highest BCUT2D eigenvalue weighted by Gasteiger charge is 2.41. The topological polar surface area (TPSA) is 44.8 Å². The summed E-state index contributed by atoms with van der Waals surface area (Å²) in [7, 11) is 1.65. The van der Waals surface area contributed by atoms with Gasteiger partial charge in [-0.15, -0.1) is 0 Å². The van der Waals surface area contributed by atoms with Crippen LogP contribution in [0.5, 0.6) is 5.75 Å². The van der Waals surface area contributed by atoms with Crippen molar-refractivity contribution in [2.75, 3.05) is 37.0 Å². The summed E-state index contributed by atoms with van der Waals surface area (Å²) in [6.45, 7) is 3.00. The maximum absolute atomic E-state index is 13.4. The molecule has 2 atom stereocenters. The van der Waals surface area contributed by atoms with E-state index in [0.29, 0.717) is 25.2 Å². The van der Waals surface area contributed by atoms with Crippen molar-refractivity contribution >= 4 is 17.3 Å². The van der Waals surface area contributed by atoms with Gasteiger partial charge in [0, 0.05) is 43.6 Å². The van der Waals surface area contributed by atoms with E-state index in [-0.39, 0.29) is 29.5 Å². The molecule has 176 valence electrons. The molecule has 5 nitrogen and oxygen atoms in total. The lowest BCUT2D eigenvalue weighted by atomic mass is 9.83. The number of nitrogens with zero attached hydrogens (tertiary/aromatic N) is 2. The summed E-state index contributed by atoms with van der Waals surface area (Å²) < 4.78 is 32.1. The van der Waals surface area contributed by atoms with Crippen LogP contribution in [0.2, 0.25) is 0 Å². The van der Waals surface area contributed by atoms with E-state index in [9.17, 15) is 13.6 Å². The number of hydrogen-bond donors (Lipinski definition) is 1. The highest BCUT2D eigenvalue weighted by molar-refractivity contribution is 5.94. The number of ether oxygens (including phenoxy) is 1. The van der Waals surface area contributed by atoms with Gasteiger partial charge in [0.05, 0.1) is 19.1 Å². The Morgan fingerprint density at radius 1 is 1.00 bits per heavy atom. The van der Waals surface area contributed by atoms with Crippen LogP contribution in [0.25, 0.3) is 0 Å². The van der Waals surface area contributed by atoms with Gasteiger partial charge in [-0.1, -0.05) is 18.2 Å². The van der Waals surface area contributed by atoms with Gasteiger partial charge in [0.25, 0.3) is 0 Å². The number of benzene rings is 3. The molecule has 34 heavy (non-hydrogen) atoms. The van der Waals surface area contributed by atoms with E-state index < -0.39 is 0 Å². The number of carbonyl (C=O) groups excluding carboxylic acids is 1. The van der Waals surface area contributed by atoms with Crippen molar-refractivity contribution < 1.29 is 18.3 Å². The first-order valence-electron chi connectivity index (χ1n) is 11.5. The molecule has 2 aliphatic rings. The average molecular weight is 464 g/mol. The monoisotopic (exact) mass is 463 g/mol. The molecule has 0 radical (unpaired) electrons. The molecule has 0 unspecified atom stereocenters. The molecule has 7 heteroatoms. The van der Waals surface area contributed by atoms with Crippen molar-refractivity contribution in [2.24, 2.45) is 5.92 Å². The summed E-state index contributed by atoms with van der Waals surface area (Å²) in [5.41, 5.74) is 3.84. The fraction of sp³-hybridized carbons (Fsp3) is 0.296. The molecule has 2 heterocycles. The molecule has 3 aromatic rings. The Kier molecular flexibility index (Phi) is 6.20. The Bertz CT molecular complexity index is 1170. The lowest BCUT2D eigenvalue weighted by molar-refractivity contribution is -0.121. The largest absolute Gasteiger partial charge is 0.497 e. The third kappa shape index (κ3) is 4.61. The predicted molar refractivity (Wildman–Crippen MR) is 128 cm³/mol. The predicted octanol–water partition coefficient (Wildman–Crippen LogP) is 4.48. The van der Waals surface area contributed by atoms with Crippen LogP contribution in [-0.4, -0.2) is 43.6 Å². The molecular formula is C27H27F2N3O2. The van der Waals surface area contributed by atoms with Crippen LogP contribution in [0, 0.1) is 17.6 Å². The average Bonchev–Trinajstić information content (AvgIpc) is 2.86. The van der Waals surface area contributed by atoms with Crippen molar-refractivity contribution in [1.29, 1.82) is 0 Å². The van der Waals surface area contributed by atoms with Crippen LogP contribution in [0.1, 0.15) is 11.1 Å². The fourth-order valence-corrected chi connectivity index (χ4v) is 5.02. The van der Waals surface area contributed by atoms with E-state index in [0.717, 1.165) is 35.7 Å². The Labute approximate surface area is 197 Å². The molecule has 1 fully saturated rings. The van der Waals surface area contributed by atoms with Gasteiger partial charge in [-0.25, -0.2) is 8.78 Å². The normalized spacial score (nSPS) is 19.8. The van der Waals surface area contributed by atoms with Crippen molar-refractivity contribution in [1.82, 2.24) is 4.90 Å². The Morgan fingerprint density at radius 2 is 1.71 bits per heavy atom. The minimum Gasteiger partial charge on any atom is -0.497 e. The summed E-state index contributed by atoms with van der Waals surface area (Å²) >= 11 is 0. The Balaban J connectivity index is 1.41. The molecule has 0 aromatic heterocycles. The van der Waals surface area contributed by atoms with E-state index in [2.05, 4.69) is 15.1 Å². The number of fused-ring (bicyclic) bond motifs is 3. The second-order valence-electron chi connectivity index (χ2n) is 8.92. The summed E-state index contributed by atoms with van der Waals surface area (Å²) in [5.74, 6) is -0.147. The number of methoxy groups -OCH3 is 1. The lowest BCUT2D eigenvalue weighted by Gasteiger charge is -2.49. The van der Waals surface area contributed by atoms with Gasteiger partial charge in [0.2, 0.25) is 5.91 Å². The maximum atomic E-state index is 13.4. The molecule has 1 saturated heterocycles. The SMILES string of the molecule is COc1ccc2c(c1)N1CCN(Cc3ccc(F)cc3)C[C@H]1[C@@H](C(=O)Nc1ccc(F)cc1)C2. The van der Waals surface area contributed by atoms with Gasteiger partial charge >= 0.3 is 0 Å². The van der Waals surface area contributed by atoms with E-state index in [1.54, 1.807) is 19.2 Å². The molecule has 0 saturated carbocycles. The molecule has 3 aromatic carbocycles. The third-order valence-corrected chi connectivity index (χ3v) is 6.78. The number of amides is 1. The molecule has 2 aliphatic heterocycles. The summed E-state index contributed by atoms with van der Waals surface area (Å²) in [6.07, 6.45) is 0.609. The highest BCUT2D eigenvalue weighted by Crippen LogP contribution is 2.38. The Hall–Kier alpha value is -3.45. The summed E-state index contributed by atoms with van der Waals surface area (Å²) in [4.78, 5) is 18.1. The summed E-state index contributed by atoms with van der Waals surface area (Å²) in [5, 5.41) is 2.98. The smallest absolute Gasteiger partial charge is 0.229 e. The number of anilines is 2. The van der Waals surface area contributed by atoms with Crippen LogP contribution in [0.3, 0.4) is 0 Å². The number of nitrogens with one attached hydrogen (secondary N) is 1. The van der Waals surface area contributed by atoms with Gasteiger partial charge in [-0.3, -0.25) is 9.69 Å². The van der Waals surface area contributed by atoms with Gasteiger partial charge in [-0.05, 0) is 60.0 Å². The molecule has 0 bridgehead atoms. The second-order valence-corrected chi connectivity index (χ2v) is 8.92. The first-order valence-corrected chi connectivity index (χ1v) is 11.5. The van der Waals surface area contributed by atoms with Crippen LogP contribution < -0.4 is 15.0 Å². The Morgan fingerprint density at radius 3 is 2.41 bits per heavy atom. The van der Waals surface area contributed by atoms with Gasteiger partial charge in [0.15, 0.2) is 0 Å². The zero-order valence-corrected chi connectivity index (χ0v) is 19.0. The van der Waals surface area contributed by atoms with Crippen LogP contribution in [-0.2, 0) is 17.8 Å². The minimum absolute atomic E-state index is 0.0331. The van der Waals surface area contributed by atoms with Crippen molar-refractivity contribution in [2.45, 2.75) is 19.0 Å². The lowest BCUT2D eigenvalue weighted by Crippen LogP contribution is -2.60. The van der Waals surface area contributed by atoms with Gasteiger partial charge < -0.3 is 15.0 Å². The fourth-order valence-electron chi connectivity index (χ4n) is 5.02. The van der Waals surface area contributed by atoms with E-state index >= 15 is 0 Å². The molecular weight excluding hydrogens is 436 g/mol. The van der Waals surface area contributed by atoms with E-state index in [1.807, 2.05) is 30.3 Å². The number of halogens is 2. The van der Waals surface area contributed by atoms with Crippen LogP contribution in [0.15, 0.2) is 66.7 Å². The quantitative estimate of drug-likeness (QED) is 0.606. The van der Waals surface area contributed by atoms with Gasteiger partial charge in [-0.2, -0.15) is 0 Å². The van der Waals surface area contributed by atoms with E-state index in [4.69, 9.17) is 4.74 Å². The standard InChI is InChI=1S/C27H27F2N3O2/c1-34-23-11-4-19-14-24(27(33)30-22-9-7-21(29)8-10-22)26-17-31(12-13-32(26)25(19)15-23)16-18-2-5-20(28)6-3-18/h2-11,15,24,26H,12-14,16-17H2,1H3,(H,30,33)/t24-,26-/m0/s1. The van der Waals surface area contributed by atoms with Gasteiger partial charge in [0.1, 0.15) is 17.4 Å². The molecule has 1 N–H and O–H groups in total. The number of rotatable bonds is 5. The highest BCUT2D eigenvalue weighted by atomic mass is 19.1. The van der Waals surface area contributed by atoms with E-state index in [1.165, 1.54) is 24.3 Å². The molecule has 0 spiro atoms. The van der Waals surface area contributed by atoms with Crippen LogP contribution >= 0.6 is 0 Å². The first-order chi connectivity index (χ1) is 16.5. The minimum atomic E-state index is -0.339. The number of carbonyl (C=O) groups is 1. The number of piperazine rings is 1. The van der Waals surface area contributed by atoms with Crippen molar-refractivity contribution in [3.05, 3.63) is 89.5 Å². The zero-order valence-electron chi connectivity index (χ0n) is 19.0. The zero-order chi connectivity index (χ0) is 23.7.